The number of carboxylic acids is 1. The van der Waals surface area contributed by atoms with Crippen LogP contribution in [0, 0.1) is 17.8 Å². The molecule has 1 unspecified atom stereocenters. The van der Waals surface area contributed by atoms with Crippen molar-refractivity contribution in [1.82, 2.24) is 36.5 Å². The number of aryl methyl sites for hydroxylation is 1. The molecule has 9 aliphatic heterocycles. The number of aromatic hydroxyl groups is 3. The number of hydrogen-bond donors (Lipinski definition) is 17. The van der Waals surface area contributed by atoms with Crippen molar-refractivity contribution in [2.45, 2.75) is 201 Å². The molecule has 11 bridgehead atoms. The number of aliphatic hydroxyl groups excluding tert-OH is 6. The number of phenolic OH excluding ortho intramolecular Hbond substituents is 3. The monoisotopic (exact) mass is 2040 g/mol. The van der Waals surface area contributed by atoms with Crippen molar-refractivity contribution in [2.75, 3.05) is 25.1 Å². The van der Waals surface area contributed by atoms with Gasteiger partial charge in [-0.15, -0.1) is 11.8 Å². The number of phenols is 3. The van der Waals surface area contributed by atoms with Gasteiger partial charge in [0, 0.05) is 84.7 Å². The smallest absolute Gasteiger partial charge is 0.246 e. The van der Waals surface area contributed by atoms with Crippen molar-refractivity contribution >= 4 is 133 Å². The lowest BCUT2D eigenvalue weighted by molar-refractivity contribution is -0.689. The number of likely N-dealkylation sites (N-methyl/N-ethyl adjacent to an activating group) is 1. The summed E-state index contributed by atoms with van der Waals surface area (Å²) in [6, 6.07) is 16.7. The number of aromatic nitrogens is 2. The summed E-state index contributed by atoms with van der Waals surface area (Å²) in [6.07, 6.45) is -18.4. The number of ketones is 4. The summed E-state index contributed by atoms with van der Waals surface area (Å²) in [4.78, 5) is 175. The number of ether oxygens (including phenoxy) is 6. The number of oxime groups is 1. The molecule has 0 radical (unpaired) electrons. The molecular formula is C96H101Cl3N12O28S2. The van der Waals surface area contributed by atoms with Gasteiger partial charge in [0.05, 0.1) is 69.7 Å². The normalized spacial score (nSPS) is 26.7. The van der Waals surface area contributed by atoms with Crippen LogP contribution in [0.2, 0.25) is 14.4 Å². The Morgan fingerprint density at radius 3 is 2.06 bits per heavy atom. The van der Waals surface area contributed by atoms with E-state index in [1.54, 1.807) is 59.4 Å². The number of nitrogens with zero attached hydrogens (tertiary/aromatic N) is 4. The molecule has 141 heavy (non-hydrogen) atoms. The molecule has 2 aromatic heterocycles. The molecule has 11 heterocycles. The van der Waals surface area contributed by atoms with E-state index in [9.17, 15) is 75.0 Å². The maximum absolute atomic E-state index is 16.6. The molecule has 45 heteroatoms. The minimum Gasteiger partial charge on any atom is -0.543 e. The third-order valence-electron chi connectivity index (χ3n) is 25.5. The Balaban J connectivity index is 0.792. The van der Waals surface area contributed by atoms with E-state index in [0.29, 0.717) is 16.7 Å². The van der Waals surface area contributed by atoms with Gasteiger partial charge in [0.1, 0.15) is 100 Å². The molecule has 17 rings (SSSR count). The average Bonchev–Trinajstić information content (AvgIpc) is 0.971. The van der Waals surface area contributed by atoms with Crippen LogP contribution >= 0.6 is 57.9 Å². The number of β-lactam (4-membered cyclic amide) rings is 1. The van der Waals surface area contributed by atoms with Crippen molar-refractivity contribution in [3.8, 4) is 57.1 Å². The van der Waals surface area contributed by atoms with E-state index in [1.807, 2.05) is 13.8 Å². The number of pyridine rings is 1. The number of nitrogens with two attached hydrogens (primary N) is 3. The minimum absolute atomic E-state index is 0.0280. The number of anilines is 1. The van der Waals surface area contributed by atoms with Crippen molar-refractivity contribution in [3.63, 3.8) is 0 Å². The second kappa shape index (κ2) is 43.2. The molecular weight excluding hydrogens is 1940 g/mol. The Bertz CT molecular complexity index is 6300. The maximum Gasteiger partial charge on any atom is 0.246 e. The molecule has 20 N–H and O–H groups in total. The van der Waals surface area contributed by atoms with Gasteiger partial charge in [-0.25, -0.2) is 9.55 Å². The predicted molar refractivity (Wildman–Crippen MR) is 502 cm³/mol. The van der Waals surface area contributed by atoms with Gasteiger partial charge in [0.2, 0.25) is 47.5 Å². The Morgan fingerprint density at radius 2 is 1.43 bits per heavy atom. The van der Waals surface area contributed by atoms with Gasteiger partial charge in [-0.1, -0.05) is 114 Å². The first-order chi connectivity index (χ1) is 67.0. The fourth-order valence-corrected chi connectivity index (χ4v) is 20.9. The summed E-state index contributed by atoms with van der Waals surface area (Å²) in [7, 11) is 1.49. The number of thiazole rings is 1. The zero-order chi connectivity index (χ0) is 101. The molecule has 9 aliphatic rings. The van der Waals surface area contributed by atoms with Crippen LogP contribution in [-0.2, 0) is 91.4 Å². The lowest BCUT2D eigenvalue weighted by Gasteiger charge is -2.50. The molecule has 0 aliphatic carbocycles. The summed E-state index contributed by atoms with van der Waals surface area (Å²) in [5, 5.41) is 135. The zero-order valence-corrected chi connectivity index (χ0v) is 79.9. The topological polar surface area (TPSA) is 628 Å². The highest BCUT2D eigenvalue weighted by Gasteiger charge is 2.55. The van der Waals surface area contributed by atoms with E-state index < -0.39 is 286 Å². The van der Waals surface area contributed by atoms with Crippen molar-refractivity contribution < 1.29 is 142 Å². The third kappa shape index (κ3) is 22.4. The highest BCUT2D eigenvalue weighted by molar-refractivity contribution is 8.00. The fraction of sp³-hybridized carbons (Fsp3) is 0.396. The number of aliphatic hydroxyl groups is 6. The van der Waals surface area contributed by atoms with Crippen molar-refractivity contribution in [3.05, 3.63) is 204 Å². The number of thioether (sulfide) groups is 1. The van der Waals surface area contributed by atoms with Crippen LogP contribution in [0.3, 0.4) is 0 Å². The molecule has 3 fully saturated rings. The van der Waals surface area contributed by atoms with Crippen LogP contribution in [0.1, 0.15) is 147 Å². The lowest BCUT2D eigenvalue weighted by Crippen LogP contribution is -2.64. The first-order valence-electron chi connectivity index (χ1n) is 44.8. The molecule has 8 aromatic rings. The van der Waals surface area contributed by atoms with Crippen LogP contribution < -0.4 is 67.7 Å². The minimum atomic E-state index is -2.28. The molecule has 6 aromatic carbocycles. The Morgan fingerprint density at radius 1 is 0.766 bits per heavy atom. The van der Waals surface area contributed by atoms with Crippen LogP contribution in [0.5, 0.6) is 46.0 Å². The van der Waals surface area contributed by atoms with Gasteiger partial charge in [0.15, 0.2) is 76.8 Å². The fourth-order valence-electron chi connectivity index (χ4n) is 18.1. The number of primary amides is 1. The molecule has 40 nitrogen and oxygen atoms in total. The highest BCUT2D eigenvalue weighted by atomic mass is 35.5. The summed E-state index contributed by atoms with van der Waals surface area (Å²) in [5.41, 5.74) is 15.3. The van der Waals surface area contributed by atoms with Crippen molar-refractivity contribution in [1.29, 1.82) is 0 Å². The molecule has 0 saturated carbocycles. The first kappa shape index (κ1) is 103. The molecule has 746 valence electrons. The van der Waals surface area contributed by atoms with E-state index in [2.05, 4.69) is 36.7 Å². The number of hydrogen-bond acceptors (Lipinski definition) is 35. The quantitative estimate of drug-likeness (QED) is 0.0155. The number of carboxylic acid groups (broad SMARTS) is 1. The van der Waals surface area contributed by atoms with Gasteiger partial charge in [-0.2, -0.15) is 0 Å². The van der Waals surface area contributed by atoms with Gasteiger partial charge >= 0.3 is 0 Å². The Hall–Kier alpha value is -12.3. The van der Waals surface area contributed by atoms with Crippen LogP contribution in [0.4, 0.5) is 5.13 Å². The molecule has 0 spiro atoms. The Labute approximate surface area is 827 Å². The lowest BCUT2D eigenvalue weighted by atomic mass is 9.84. The number of aliphatic carboxylic acids is 1. The second-order valence-corrected chi connectivity index (χ2v) is 39.6. The van der Waals surface area contributed by atoms with Gasteiger partial charge < -0.3 is 133 Å². The SMILES string of the molecule is CN[C@H](CC(C)C)C(=O)NC1C(=O)C[C@@H](CC(N)=O)C(=O)N[C@H]2C(=O)C[C@H]3C(=O)N[C@H](C(=O)N[C@H](C(=O)CCc4ccc(CO/N=C(\C(=O)C[C@@H]5C(=O)N6C(C(=O)[O-])=C(C[n+]7ccccc7)CS[C@H]56)c5nc(N)sc5Cl)cc4)c4cc(O)cc(O)c4-c4cc3ccc4O)[C@H](O)c3ccc(c(Cl)c3)Oc3cc2cc(c3O[C@@H]2O[C@H](CO)[C@@H](O)[C@H](O)[C@H]2O[C@H]2C[C@](C)(N)[C@H](O)[C@H](C)O2)Oc2ccc(cc2Cl)[C@H]1O. The van der Waals surface area contributed by atoms with Gasteiger partial charge in [-0.3, -0.25) is 52.8 Å². The molecule has 3 saturated heterocycles. The number of carbonyl (C=O) groups is 11. The number of nitrogen functional groups attached to an aromatic ring is 1. The predicted octanol–water partition coefficient (Wildman–Crippen LogP) is 4.29. The standard InChI is InChI=1S/C96H101Cl3N12O28S2/c1-40(2)23-57(103-5)89(128)106-75-61(117)27-48(30-69(100)120)87(126)104-72-47-28-66(135-64-19-15-45(79(75)121)25-55(64)97)83(139-94-84(82(124)81(123)68(37-112)137-94)138-70-35-96(4,102)85(125)41(3)134-70)67(29-47)136-65-20-16-46(26-56(65)98)80(122)77-90(129)105-73(53-31-50(113)32-60(116)71(53)52-24-44(14-18-58(52)114)51(33-62(72)118)88(127)107-77)59(115)17-13-42-9-11-43(12-10-42)38-133-109-74(76-86(99)141-95(101)108-76)63(119)34-54-91(130)111-78(93(131)132)49(39-140-92(54)111)36-110-21-7-6-8-22-110/h6-12,14-16,18-22,24-26,28-29,31-32,40-41,48,51,54,57,68,70,72-73,75,77,79-82,84-85,92,94,103,112,121-125H,13,17,23,27,30,33-39,102H2,1-5H3,(H11-,100,101,104,105,106,107,108,109,113,114,116,119,120,126,127,128,129,131,132)/t41-,48-,51+,54+,57+,68+,70-,72+,73-,75?,77-,79+,80+,81+,82-,84+,85+,92+,94-,96-/m0/s1. The number of halogens is 3. The maximum atomic E-state index is 16.6. The van der Waals surface area contributed by atoms with Gasteiger partial charge in [0.25, 0.3) is 0 Å². The zero-order valence-electron chi connectivity index (χ0n) is 76.0. The summed E-state index contributed by atoms with van der Waals surface area (Å²) in [5.74, 6) is -21.5. The largest absolute Gasteiger partial charge is 0.543 e. The van der Waals surface area contributed by atoms with Gasteiger partial charge in [-0.05, 0) is 133 Å². The number of rotatable bonds is 26. The van der Waals surface area contributed by atoms with Crippen LogP contribution in [-0.4, -0.2) is 224 Å². The van der Waals surface area contributed by atoms with Crippen LogP contribution in [0.25, 0.3) is 11.1 Å². The number of carbonyl (C=O) groups excluding carboxylic acids is 11. The number of benzene rings is 6. The number of Topliss-reactive ketones (excluding diaryl/α,β-unsaturated/α-hetero) is 4. The number of amides is 6. The third-order valence-corrected chi connectivity index (χ3v) is 28.6. The van der Waals surface area contributed by atoms with E-state index >= 15 is 28.8 Å². The van der Waals surface area contributed by atoms with Crippen LogP contribution in [0.15, 0.2) is 150 Å². The number of fused-ring (bicyclic) bond motifs is 16. The van der Waals surface area contributed by atoms with E-state index in [0.717, 1.165) is 70.8 Å². The van der Waals surface area contributed by atoms with E-state index in [4.69, 9.17) is 85.3 Å². The van der Waals surface area contributed by atoms with E-state index in [1.165, 1.54) is 56.9 Å². The summed E-state index contributed by atoms with van der Waals surface area (Å²) < 4.78 is 40.7. The van der Waals surface area contributed by atoms with E-state index in [-0.39, 0.29) is 104 Å². The van der Waals surface area contributed by atoms with Crippen molar-refractivity contribution in [2.24, 2.45) is 34.4 Å². The second-order valence-electron chi connectivity index (χ2n) is 36.1. The summed E-state index contributed by atoms with van der Waals surface area (Å²) in [6.45, 7) is 5.52. The number of nitrogens with one attached hydrogen (secondary N) is 5. The molecule has 20 atom stereocenters. The summed E-state index contributed by atoms with van der Waals surface area (Å²) >= 11 is 23.1. The highest BCUT2D eigenvalue weighted by Crippen LogP contribution is 2.52. The average molecular weight is 2040 g/mol. The molecule has 6 amide bonds. The first-order valence-corrected chi connectivity index (χ1v) is 47.8. The Kier molecular flexibility index (Phi) is 31.6.